The third kappa shape index (κ3) is 2.51. The van der Waals surface area contributed by atoms with Gasteiger partial charge < -0.3 is 9.67 Å². The number of aliphatic hydroxyl groups excluding tert-OH is 1. The van der Waals surface area contributed by atoms with Crippen LogP contribution in [0.15, 0.2) is 18.2 Å². The summed E-state index contributed by atoms with van der Waals surface area (Å²) < 4.78 is 2.06. The van der Waals surface area contributed by atoms with Gasteiger partial charge >= 0.3 is 0 Å². The lowest BCUT2D eigenvalue weighted by Crippen LogP contribution is -2.32. The number of fused-ring (bicyclic) bond motifs is 1. The van der Waals surface area contributed by atoms with Crippen LogP contribution in [0.25, 0.3) is 11.0 Å². The predicted molar refractivity (Wildman–Crippen MR) is 73.7 cm³/mol. The van der Waals surface area contributed by atoms with Crippen LogP contribution < -0.4 is 0 Å². The van der Waals surface area contributed by atoms with Gasteiger partial charge in [-0.2, -0.15) is 0 Å². The van der Waals surface area contributed by atoms with Crippen molar-refractivity contribution in [3.8, 4) is 0 Å². The highest BCUT2D eigenvalue weighted by molar-refractivity contribution is 6.31. The zero-order chi connectivity index (χ0) is 13.3. The Balaban J connectivity index is 2.31. The van der Waals surface area contributed by atoms with Crippen LogP contribution in [-0.4, -0.2) is 39.3 Å². The molecule has 2 rings (SSSR count). The van der Waals surface area contributed by atoms with E-state index in [1.165, 1.54) is 0 Å². The SMILES string of the molecule is CC(CO)N(C)Cc1nc2cc(Cl)ccc2n1C. The Bertz CT molecular complexity index is 552. The first-order chi connectivity index (χ1) is 8.52. The van der Waals surface area contributed by atoms with E-state index in [0.29, 0.717) is 11.6 Å². The quantitative estimate of drug-likeness (QED) is 0.922. The van der Waals surface area contributed by atoms with Gasteiger partial charge in [-0.1, -0.05) is 11.6 Å². The zero-order valence-electron chi connectivity index (χ0n) is 10.9. The van der Waals surface area contributed by atoms with Crippen molar-refractivity contribution in [3.05, 3.63) is 29.0 Å². The number of nitrogens with zero attached hydrogens (tertiary/aromatic N) is 3. The predicted octanol–water partition coefficient (Wildman–Crippen LogP) is 2.04. The molecule has 0 saturated heterocycles. The van der Waals surface area contributed by atoms with Crippen molar-refractivity contribution in [1.29, 1.82) is 0 Å². The Hall–Kier alpha value is -1.10. The first kappa shape index (κ1) is 13.3. The Morgan fingerprint density at radius 1 is 1.50 bits per heavy atom. The lowest BCUT2D eigenvalue weighted by molar-refractivity contribution is 0.151. The lowest BCUT2D eigenvalue weighted by atomic mass is 10.3. The molecule has 4 nitrogen and oxygen atoms in total. The summed E-state index contributed by atoms with van der Waals surface area (Å²) in [6, 6.07) is 5.84. The van der Waals surface area contributed by atoms with Crippen LogP contribution >= 0.6 is 11.6 Å². The van der Waals surface area contributed by atoms with Crippen LogP contribution in [0.3, 0.4) is 0 Å². The van der Waals surface area contributed by atoms with E-state index in [9.17, 15) is 0 Å². The van der Waals surface area contributed by atoms with Crippen molar-refractivity contribution in [2.24, 2.45) is 7.05 Å². The van der Waals surface area contributed by atoms with Crippen molar-refractivity contribution in [3.63, 3.8) is 0 Å². The van der Waals surface area contributed by atoms with E-state index in [4.69, 9.17) is 16.7 Å². The fourth-order valence-corrected chi connectivity index (χ4v) is 2.05. The molecule has 1 unspecified atom stereocenters. The number of hydrogen-bond donors (Lipinski definition) is 1. The average Bonchev–Trinajstić information content (AvgIpc) is 2.64. The molecular weight excluding hydrogens is 250 g/mol. The van der Waals surface area contributed by atoms with Crippen molar-refractivity contribution < 1.29 is 5.11 Å². The summed E-state index contributed by atoms with van der Waals surface area (Å²) in [5.74, 6) is 0.968. The Morgan fingerprint density at radius 2 is 2.22 bits per heavy atom. The number of imidazole rings is 1. The highest BCUT2D eigenvalue weighted by Crippen LogP contribution is 2.20. The van der Waals surface area contributed by atoms with Gasteiger partial charge in [0.2, 0.25) is 0 Å². The summed E-state index contributed by atoms with van der Waals surface area (Å²) in [5.41, 5.74) is 1.98. The van der Waals surface area contributed by atoms with Crippen molar-refractivity contribution >= 4 is 22.6 Å². The number of halogens is 1. The summed E-state index contributed by atoms with van der Waals surface area (Å²) in [6.07, 6.45) is 0. The van der Waals surface area contributed by atoms with Crippen molar-refractivity contribution in [2.45, 2.75) is 19.5 Å². The number of rotatable bonds is 4. The molecule has 0 aliphatic carbocycles. The second-order valence-electron chi connectivity index (χ2n) is 4.67. The highest BCUT2D eigenvalue weighted by atomic mass is 35.5. The van der Waals surface area contributed by atoms with E-state index >= 15 is 0 Å². The van der Waals surface area contributed by atoms with E-state index in [-0.39, 0.29) is 12.6 Å². The molecule has 1 N–H and O–H groups in total. The van der Waals surface area contributed by atoms with Gasteiger partial charge in [-0.15, -0.1) is 0 Å². The normalized spacial score (nSPS) is 13.4. The molecule has 1 aromatic carbocycles. The lowest BCUT2D eigenvalue weighted by Gasteiger charge is -2.22. The smallest absolute Gasteiger partial charge is 0.123 e. The largest absolute Gasteiger partial charge is 0.395 e. The molecule has 0 bridgehead atoms. The molecule has 0 aliphatic rings. The van der Waals surface area contributed by atoms with Crippen LogP contribution in [0.5, 0.6) is 0 Å². The van der Waals surface area contributed by atoms with E-state index < -0.39 is 0 Å². The van der Waals surface area contributed by atoms with Crippen LogP contribution in [-0.2, 0) is 13.6 Å². The Morgan fingerprint density at radius 3 is 2.89 bits per heavy atom. The average molecular weight is 268 g/mol. The van der Waals surface area contributed by atoms with Gasteiger partial charge in [0.15, 0.2) is 0 Å². The second kappa shape index (κ2) is 5.26. The molecule has 1 atom stereocenters. The molecule has 2 aromatic rings. The standard InChI is InChI=1S/C13H18ClN3O/c1-9(8-18)16(2)7-13-15-11-6-10(14)4-5-12(11)17(13)3/h4-6,9,18H,7-8H2,1-3H3. The molecule has 0 saturated carbocycles. The van der Waals surface area contributed by atoms with Crippen molar-refractivity contribution in [2.75, 3.05) is 13.7 Å². The molecule has 0 amide bonds. The van der Waals surface area contributed by atoms with Gasteiger partial charge in [-0.25, -0.2) is 4.98 Å². The maximum absolute atomic E-state index is 9.14. The number of likely N-dealkylation sites (N-methyl/N-ethyl adjacent to an activating group) is 1. The second-order valence-corrected chi connectivity index (χ2v) is 5.10. The summed E-state index contributed by atoms with van der Waals surface area (Å²) >= 11 is 5.97. The molecule has 18 heavy (non-hydrogen) atoms. The van der Waals surface area contributed by atoms with Crippen LogP contribution in [0, 0.1) is 0 Å². The summed E-state index contributed by atoms with van der Waals surface area (Å²) in [4.78, 5) is 6.66. The fourth-order valence-electron chi connectivity index (χ4n) is 1.88. The Labute approximate surface area is 112 Å². The van der Waals surface area contributed by atoms with Crippen LogP contribution in [0.4, 0.5) is 0 Å². The topological polar surface area (TPSA) is 41.3 Å². The summed E-state index contributed by atoms with van der Waals surface area (Å²) in [7, 11) is 3.98. The molecule has 0 radical (unpaired) electrons. The van der Waals surface area contributed by atoms with Gasteiger partial charge in [0.1, 0.15) is 5.82 Å². The van der Waals surface area contributed by atoms with Crippen LogP contribution in [0.2, 0.25) is 5.02 Å². The minimum Gasteiger partial charge on any atom is -0.395 e. The van der Waals surface area contributed by atoms with Gasteiger partial charge in [-0.05, 0) is 32.2 Å². The highest BCUT2D eigenvalue weighted by Gasteiger charge is 2.13. The summed E-state index contributed by atoms with van der Waals surface area (Å²) in [5, 5.41) is 9.84. The van der Waals surface area contributed by atoms with Gasteiger partial charge in [0.05, 0.1) is 24.2 Å². The molecule has 0 aliphatic heterocycles. The van der Waals surface area contributed by atoms with E-state index in [1.807, 2.05) is 39.2 Å². The third-order valence-corrected chi connectivity index (χ3v) is 3.58. The minimum atomic E-state index is 0.119. The first-order valence-corrected chi connectivity index (χ1v) is 6.32. The first-order valence-electron chi connectivity index (χ1n) is 5.95. The molecule has 1 heterocycles. The van der Waals surface area contributed by atoms with Crippen molar-refractivity contribution in [1.82, 2.24) is 14.5 Å². The monoisotopic (exact) mass is 267 g/mol. The Kier molecular flexibility index (Phi) is 3.90. The molecule has 98 valence electrons. The van der Waals surface area contributed by atoms with Crippen LogP contribution in [0.1, 0.15) is 12.7 Å². The molecule has 1 aromatic heterocycles. The molecular formula is C13H18ClN3O. The number of aromatic nitrogens is 2. The van der Waals surface area contributed by atoms with Gasteiger partial charge in [0.25, 0.3) is 0 Å². The number of aliphatic hydroxyl groups is 1. The van der Waals surface area contributed by atoms with E-state index in [0.717, 1.165) is 16.9 Å². The number of aryl methyl sites for hydroxylation is 1. The fraction of sp³-hybridized carbons (Fsp3) is 0.462. The third-order valence-electron chi connectivity index (χ3n) is 3.34. The maximum Gasteiger partial charge on any atom is 0.123 e. The minimum absolute atomic E-state index is 0.119. The maximum atomic E-state index is 9.14. The molecule has 0 spiro atoms. The van der Waals surface area contributed by atoms with E-state index in [1.54, 1.807) is 0 Å². The number of benzene rings is 1. The molecule has 0 fully saturated rings. The van der Waals surface area contributed by atoms with E-state index in [2.05, 4.69) is 14.5 Å². The number of hydrogen-bond acceptors (Lipinski definition) is 3. The summed E-state index contributed by atoms with van der Waals surface area (Å²) in [6.45, 7) is 2.83. The zero-order valence-corrected chi connectivity index (χ0v) is 11.6. The molecule has 5 heteroatoms. The van der Waals surface area contributed by atoms with Gasteiger partial charge in [-0.3, -0.25) is 4.90 Å². The van der Waals surface area contributed by atoms with Gasteiger partial charge in [0, 0.05) is 18.1 Å².